The van der Waals surface area contributed by atoms with Crippen LogP contribution in [0.3, 0.4) is 0 Å². The number of anilines is 1. The summed E-state index contributed by atoms with van der Waals surface area (Å²) in [4.78, 5) is 30.5. The number of carbonyl (C=O) groups is 2. The van der Waals surface area contributed by atoms with Gasteiger partial charge >= 0.3 is 5.97 Å². The summed E-state index contributed by atoms with van der Waals surface area (Å²) < 4.78 is 7.06. The molecule has 1 aromatic carbocycles. The molecule has 0 aliphatic heterocycles. The minimum Gasteiger partial charge on any atom is -0.462 e. The third kappa shape index (κ3) is 3.84. The summed E-state index contributed by atoms with van der Waals surface area (Å²) in [5.41, 5.74) is 6.02. The molecule has 0 aliphatic rings. The lowest BCUT2D eigenvalue weighted by atomic mass is 9.97. The van der Waals surface area contributed by atoms with Crippen molar-refractivity contribution in [2.24, 2.45) is 0 Å². The third-order valence-corrected chi connectivity index (χ3v) is 5.98. The second kappa shape index (κ2) is 8.35. The molecule has 3 heterocycles. The lowest BCUT2D eigenvalue weighted by molar-refractivity contribution is 0.0529. The van der Waals surface area contributed by atoms with E-state index >= 15 is 0 Å². The normalized spacial score (nSPS) is 11.0. The van der Waals surface area contributed by atoms with E-state index < -0.39 is 5.97 Å². The van der Waals surface area contributed by atoms with Crippen LogP contribution in [0.15, 0.2) is 48.0 Å². The highest BCUT2D eigenvalue weighted by molar-refractivity contribution is 7.15. The van der Waals surface area contributed by atoms with Crippen LogP contribution in [0.4, 0.5) is 5.00 Å². The Hall–Kier alpha value is -3.45. The summed E-state index contributed by atoms with van der Waals surface area (Å²) in [5.74, 6) is -0.778. The number of thiophene rings is 1. The van der Waals surface area contributed by atoms with Crippen LogP contribution in [-0.4, -0.2) is 27.9 Å². The van der Waals surface area contributed by atoms with E-state index in [2.05, 4.69) is 16.4 Å². The van der Waals surface area contributed by atoms with Crippen molar-refractivity contribution in [1.29, 1.82) is 0 Å². The fourth-order valence-electron chi connectivity index (χ4n) is 3.72. The minimum absolute atomic E-state index is 0.251. The van der Waals surface area contributed by atoms with Crippen LogP contribution in [0.5, 0.6) is 0 Å². The average Bonchev–Trinajstić information content (AvgIpc) is 3.28. The maximum atomic E-state index is 13.2. The summed E-state index contributed by atoms with van der Waals surface area (Å²) in [5, 5.41) is 5.28. The summed E-state index contributed by atoms with van der Waals surface area (Å²) in [6.07, 6.45) is 1.80. The highest BCUT2D eigenvalue weighted by Crippen LogP contribution is 2.38. The van der Waals surface area contributed by atoms with Crippen molar-refractivity contribution in [2.45, 2.75) is 27.7 Å². The zero-order chi connectivity index (χ0) is 22.1. The number of nitrogens with zero attached hydrogens (tertiary/aromatic N) is 2. The molecule has 0 radical (unpaired) electrons. The number of rotatable bonds is 5. The summed E-state index contributed by atoms with van der Waals surface area (Å²) >= 11 is 1.31. The van der Waals surface area contributed by atoms with Gasteiger partial charge in [0.15, 0.2) is 0 Å². The van der Waals surface area contributed by atoms with Crippen LogP contribution < -0.4 is 5.32 Å². The Labute approximate surface area is 184 Å². The van der Waals surface area contributed by atoms with Crippen LogP contribution in [0.2, 0.25) is 0 Å². The largest absolute Gasteiger partial charge is 0.462 e. The van der Waals surface area contributed by atoms with E-state index in [0.29, 0.717) is 27.6 Å². The molecule has 0 saturated carbocycles. The van der Waals surface area contributed by atoms with Gasteiger partial charge in [-0.25, -0.2) is 9.78 Å². The Morgan fingerprint density at radius 2 is 1.94 bits per heavy atom. The number of amides is 1. The van der Waals surface area contributed by atoms with Crippen LogP contribution >= 0.6 is 11.3 Å². The molecule has 6 nitrogen and oxygen atoms in total. The Bertz CT molecular complexity index is 1300. The first kappa shape index (κ1) is 20.8. The molecule has 158 valence electrons. The number of imidazole rings is 1. The molecule has 1 N–H and O–H groups in total. The van der Waals surface area contributed by atoms with Crippen molar-refractivity contribution in [2.75, 3.05) is 11.9 Å². The van der Waals surface area contributed by atoms with Crippen LogP contribution in [0.25, 0.3) is 16.8 Å². The number of carbonyl (C=O) groups excluding carboxylic acids is 2. The van der Waals surface area contributed by atoms with Gasteiger partial charge in [-0.1, -0.05) is 29.8 Å². The van der Waals surface area contributed by atoms with Crippen molar-refractivity contribution in [3.63, 3.8) is 0 Å². The monoisotopic (exact) mass is 433 g/mol. The number of aryl methyl sites for hydroxylation is 3. The second-order valence-electron chi connectivity index (χ2n) is 7.32. The fraction of sp³-hybridized carbons (Fsp3) is 0.208. The predicted octanol–water partition coefficient (Wildman–Crippen LogP) is 5.42. The molecule has 0 unspecified atom stereocenters. The first-order chi connectivity index (χ1) is 14.9. The van der Waals surface area contributed by atoms with E-state index in [1.807, 2.05) is 49.6 Å². The SMILES string of the molecule is CCOC(=O)c1c(-c2ccc(C)cc2C)csc1NC(=O)c1c(C)nc2ccccn12. The Morgan fingerprint density at radius 3 is 2.68 bits per heavy atom. The van der Waals surface area contributed by atoms with Gasteiger partial charge in [0.05, 0.1) is 12.3 Å². The maximum Gasteiger partial charge on any atom is 0.341 e. The van der Waals surface area contributed by atoms with Gasteiger partial charge in [-0.15, -0.1) is 11.3 Å². The number of pyridine rings is 1. The van der Waals surface area contributed by atoms with Gasteiger partial charge in [-0.05, 0) is 51.0 Å². The van der Waals surface area contributed by atoms with Crippen molar-refractivity contribution < 1.29 is 14.3 Å². The fourth-order valence-corrected chi connectivity index (χ4v) is 4.66. The molecule has 0 spiro atoms. The lowest BCUT2D eigenvalue weighted by Crippen LogP contribution is -2.17. The lowest BCUT2D eigenvalue weighted by Gasteiger charge is -2.11. The first-order valence-electron chi connectivity index (χ1n) is 10.0. The van der Waals surface area contributed by atoms with Crippen LogP contribution in [-0.2, 0) is 4.74 Å². The molecular weight excluding hydrogens is 410 g/mol. The highest BCUT2D eigenvalue weighted by Gasteiger charge is 2.25. The first-order valence-corrected chi connectivity index (χ1v) is 10.9. The van der Waals surface area contributed by atoms with Crippen molar-refractivity contribution >= 4 is 33.9 Å². The molecule has 0 aliphatic carbocycles. The zero-order valence-electron chi connectivity index (χ0n) is 17.9. The van der Waals surface area contributed by atoms with E-state index in [9.17, 15) is 9.59 Å². The van der Waals surface area contributed by atoms with Crippen molar-refractivity contribution in [1.82, 2.24) is 9.38 Å². The second-order valence-corrected chi connectivity index (χ2v) is 8.20. The predicted molar refractivity (Wildman–Crippen MR) is 123 cm³/mol. The van der Waals surface area contributed by atoms with E-state index in [0.717, 1.165) is 22.3 Å². The number of hydrogen-bond donors (Lipinski definition) is 1. The standard InChI is InChI=1S/C24H23N3O3S/c1-5-30-24(29)20-18(17-10-9-14(2)12-15(17)3)13-31-23(20)26-22(28)21-16(4)25-19-8-6-7-11-27(19)21/h6-13H,5H2,1-4H3,(H,26,28). The average molecular weight is 434 g/mol. The van der Waals surface area contributed by atoms with Crippen molar-refractivity contribution in [3.05, 3.63) is 76.1 Å². The van der Waals surface area contributed by atoms with Gasteiger partial charge in [0, 0.05) is 17.1 Å². The number of nitrogens with one attached hydrogen (secondary N) is 1. The summed E-state index contributed by atoms with van der Waals surface area (Å²) in [7, 11) is 0. The molecule has 1 amide bonds. The molecule has 0 saturated heterocycles. The van der Waals surface area contributed by atoms with Crippen molar-refractivity contribution in [3.8, 4) is 11.1 Å². The van der Waals surface area contributed by atoms with E-state index in [1.165, 1.54) is 11.3 Å². The molecule has 4 rings (SSSR count). The number of hydrogen-bond acceptors (Lipinski definition) is 5. The molecule has 7 heteroatoms. The minimum atomic E-state index is -0.455. The number of fused-ring (bicyclic) bond motifs is 1. The third-order valence-electron chi connectivity index (χ3n) is 5.09. The highest BCUT2D eigenvalue weighted by atomic mass is 32.1. The molecule has 3 aromatic heterocycles. The van der Waals surface area contributed by atoms with Crippen LogP contribution in [0.1, 0.15) is 44.6 Å². The van der Waals surface area contributed by atoms with Gasteiger partial charge in [-0.2, -0.15) is 0 Å². The number of benzene rings is 1. The van der Waals surface area contributed by atoms with E-state index in [4.69, 9.17) is 4.74 Å². The number of aromatic nitrogens is 2. The summed E-state index contributed by atoms with van der Waals surface area (Å²) in [6.45, 7) is 7.85. The molecule has 0 fully saturated rings. The van der Waals surface area contributed by atoms with Gasteiger partial charge in [0.1, 0.15) is 21.9 Å². The number of esters is 1. The van der Waals surface area contributed by atoms with Gasteiger partial charge in [0.25, 0.3) is 5.91 Å². The van der Waals surface area contributed by atoms with E-state index in [-0.39, 0.29) is 12.5 Å². The van der Waals surface area contributed by atoms with E-state index in [1.54, 1.807) is 24.4 Å². The molecule has 0 bridgehead atoms. The van der Waals surface area contributed by atoms with Gasteiger partial charge < -0.3 is 10.1 Å². The zero-order valence-corrected chi connectivity index (χ0v) is 18.7. The summed E-state index contributed by atoms with van der Waals surface area (Å²) in [6, 6.07) is 11.6. The van der Waals surface area contributed by atoms with Gasteiger partial charge in [0.2, 0.25) is 0 Å². The Balaban J connectivity index is 1.78. The Kier molecular flexibility index (Phi) is 5.61. The molecular formula is C24H23N3O3S. The maximum absolute atomic E-state index is 13.2. The van der Waals surface area contributed by atoms with Gasteiger partial charge in [-0.3, -0.25) is 9.20 Å². The smallest absolute Gasteiger partial charge is 0.341 e. The number of ether oxygens (including phenoxy) is 1. The quantitative estimate of drug-likeness (QED) is 0.427. The topological polar surface area (TPSA) is 72.7 Å². The Morgan fingerprint density at radius 1 is 1.13 bits per heavy atom. The molecule has 4 aromatic rings. The molecule has 0 atom stereocenters. The molecule has 31 heavy (non-hydrogen) atoms. The van der Waals surface area contributed by atoms with Crippen LogP contribution in [0, 0.1) is 20.8 Å².